The number of rotatable bonds is 5. The molecule has 1 heterocycles. The van der Waals surface area contributed by atoms with Gasteiger partial charge in [0.25, 0.3) is 0 Å². The summed E-state index contributed by atoms with van der Waals surface area (Å²) in [5.41, 5.74) is 9.44. The molecule has 1 aromatic carbocycles. The van der Waals surface area contributed by atoms with E-state index < -0.39 is 0 Å². The summed E-state index contributed by atoms with van der Waals surface area (Å²) in [6.45, 7) is 2.93. The van der Waals surface area contributed by atoms with Crippen molar-refractivity contribution in [3.63, 3.8) is 0 Å². The SMILES string of the molecule is CCCn1ncc(Cl)c1C(N)c1cccc(N(C)C)c1. The molecule has 0 saturated heterocycles. The molecule has 1 aromatic heterocycles. The van der Waals surface area contributed by atoms with Gasteiger partial charge in [0.1, 0.15) is 0 Å². The largest absolute Gasteiger partial charge is 0.378 e. The van der Waals surface area contributed by atoms with Gasteiger partial charge >= 0.3 is 0 Å². The monoisotopic (exact) mass is 292 g/mol. The highest BCUT2D eigenvalue weighted by Gasteiger charge is 2.18. The molecule has 5 heteroatoms. The van der Waals surface area contributed by atoms with Crippen molar-refractivity contribution in [1.29, 1.82) is 0 Å². The minimum atomic E-state index is -0.267. The number of nitrogens with zero attached hydrogens (tertiary/aromatic N) is 3. The van der Waals surface area contributed by atoms with Crippen LogP contribution in [0.4, 0.5) is 5.69 Å². The fourth-order valence-electron chi connectivity index (χ4n) is 2.23. The van der Waals surface area contributed by atoms with Crippen LogP contribution in [0.2, 0.25) is 5.02 Å². The molecule has 0 bridgehead atoms. The van der Waals surface area contributed by atoms with Crippen LogP contribution < -0.4 is 10.6 Å². The molecule has 0 aliphatic heterocycles. The maximum atomic E-state index is 6.40. The molecule has 1 unspecified atom stereocenters. The Morgan fingerprint density at radius 1 is 1.40 bits per heavy atom. The van der Waals surface area contributed by atoms with Crippen LogP contribution in [0.25, 0.3) is 0 Å². The number of anilines is 1. The highest BCUT2D eigenvalue weighted by molar-refractivity contribution is 6.31. The lowest BCUT2D eigenvalue weighted by atomic mass is 10.0. The van der Waals surface area contributed by atoms with Crippen molar-refractivity contribution in [2.75, 3.05) is 19.0 Å². The van der Waals surface area contributed by atoms with Crippen LogP contribution in [0.5, 0.6) is 0 Å². The van der Waals surface area contributed by atoms with E-state index in [0.29, 0.717) is 5.02 Å². The van der Waals surface area contributed by atoms with Crippen LogP contribution in [0.3, 0.4) is 0 Å². The van der Waals surface area contributed by atoms with E-state index >= 15 is 0 Å². The Labute approximate surface area is 125 Å². The fourth-order valence-corrected chi connectivity index (χ4v) is 2.48. The van der Waals surface area contributed by atoms with E-state index in [1.54, 1.807) is 6.20 Å². The van der Waals surface area contributed by atoms with Gasteiger partial charge in [0.2, 0.25) is 0 Å². The summed E-state index contributed by atoms with van der Waals surface area (Å²) in [7, 11) is 4.03. The molecule has 108 valence electrons. The Balaban J connectivity index is 2.38. The molecule has 2 aromatic rings. The molecule has 0 aliphatic rings. The fraction of sp³-hybridized carbons (Fsp3) is 0.400. The van der Waals surface area contributed by atoms with Gasteiger partial charge in [-0.2, -0.15) is 5.10 Å². The van der Waals surface area contributed by atoms with Crippen molar-refractivity contribution in [2.45, 2.75) is 25.9 Å². The van der Waals surface area contributed by atoms with Crippen molar-refractivity contribution in [3.05, 3.63) is 46.7 Å². The van der Waals surface area contributed by atoms with Crippen LogP contribution in [0, 0.1) is 0 Å². The third-order valence-corrected chi connectivity index (χ3v) is 3.60. The van der Waals surface area contributed by atoms with Crippen LogP contribution >= 0.6 is 11.6 Å². The molecule has 0 spiro atoms. The lowest BCUT2D eigenvalue weighted by molar-refractivity contribution is 0.560. The van der Waals surface area contributed by atoms with Gasteiger partial charge in [-0.25, -0.2) is 0 Å². The maximum Gasteiger partial charge on any atom is 0.0837 e. The summed E-state index contributed by atoms with van der Waals surface area (Å²) in [4.78, 5) is 2.06. The number of aryl methyl sites for hydroxylation is 1. The van der Waals surface area contributed by atoms with Gasteiger partial charge in [0.05, 0.1) is 23.0 Å². The third-order valence-electron chi connectivity index (χ3n) is 3.31. The van der Waals surface area contributed by atoms with E-state index in [9.17, 15) is 0 Å². The number of benzene rings is 1. The first-order chi connectivity index (χ1) is 9.54. The summed E-state index contributed by atoms with van der Waals surface area (Å²) in [6, 6.07) is 7.92. The predicted octanol–water partition coefficient (Wildman–Crippen LogP) is 3.06. The molecule has 0 aliphatic carbocycles. The quantitative estimate of drug-likeness (QED) is 0.921. The number of hydrogen-bond donors (Lipinski definition) is 1. The summed E-state index contributed by atoms with van der Waals surface area (Å²) >= 11 is 6.25. The third kappa shape index (κ3) is 2.97. The zero-order valence-electron chi connectivity index (χ0n) is 12.2. The van der Waals surface area contributed by atoms with Crippen LogP contribution in [0.15, 0.2) is 30.5 Å². The minimum Gasteiger partial charge on any atom is -0.378 e. The van der Waals surface area contributed by atoms with Crippen LogP contribution in [0.1, 0.15) is 30.6 Å². The second-order valence-corrected chi connectivity index (χ2v) is 5.48. The summed E-state index contributed by atoms with van der Waals surface area (Å²) < 4.78 is 1.90. The average molecular weight is 293 g/mol. The lowest BCUT2D eigenvalue weighted by Crippen LogP contribution is -2.19. The van der Waals surface area contributed by atoms with Crippen molar-refractivity contribution < 1.29 is 0 Å². The molecular weight excluding hydrogens is 272 g/mol. The van der Waals surface area contributed by atoms with E-state index in [-0.39, 0.29) is 6.04 Å². The number of hydrogen-bond acceptors (Lipinski definition) is 3. The van der Waals surface area contributed by atoms with Gasteiger partial charge in [0.15, 0.2) is 0 Å². The van der Waals surface area contributed by atoms with Crippen LogP contribution in [-0.2, 0) is 6.54 Å². The van der Waals surface area contributed by atoms with Crippen molar-refractivity contribution >= 4 is 17.3 Å². The van der Waals surface area contributed by atoms with E-state index in [2.05, 4.69) is 29.1 Å². The topological polar surface area (TPSA) is 47.1 Å². The summed E-state index contributed by atoms with van der Waals surface area (Å²) in [5.74, 6) is 0. The zero-order valence-corrected chi connectivity index (χ0v) is 12.9. The molecule has 4 nitrogen and oxygen atoms in total. The van der Waals surface area contributed by atoms with E-state index in [4.69, 9.17) is 17.3 Å². The van der Waals surface area contributed by atoms with Crippen molar-refractivity contribution in [1.82, 2.24) is 9.78 Å². The lowest BCUT2D eigenvalue weighted by Gasteiger charge is -2.18. The molecule has 20 heavy (non-hydrogen) atoms. The summed E-state index contributed by atoms with van der Waals surface area (Å²) in [5, 5.41) is 4.93. The Bertz CT molecular complexity index is 577. The standard InChI is InChI=1S/C15H21ClN4/c1-4-8-20-15(13(16)10-18-20)14(17)11-6-5-7-12(9-11)19(2)3/h5-7,9-10,14H,4,8,17H2,1-3H3. The second-order valence-electron chi connectivity index (χ2n) is 5.07. The van der Waals surface area contributed by atoms with Gasteiger partial charge in [-0.3, -0.25) is 4.68 Å². The minimum absolute atomic E-state index is 0.267. The van der Waals surface area contributed by atoms with Gasteiger partial charge in [-0.05, 0) is 24.1 Å². The molecule has 2 N–H and O–H groups in total. The number of halogens is 1. The van der Waals surface area contributed by atoms with Gasteiger partial charge < -0.3 is 10.6 Å². The molecule has 0 amide bonds. The Hall–Kier alpha value is -1.52. The predicted molar refractivity (Wildman–Crippen MR) is 84.3 cm³/mol. The molecular formula is C15H21ClN4. The molecule has 2 rings (SSSR count). The van der Waals surface area contributed by atoms with E-state index in [1.165, 1.54) is 0 Å². The molecule has 1 atom stereocenters. The molecule has 0 radical (unpaired) electrons. The Morgan fingerprint density at radius 2 is 2.15 bits per heavy atom. The smallest absolute Gasteiger partial charge is 0.0837 e. The molecule has 0 fully saturated rings. The van der Waals surface area contributed by atoms with Gasteiger partial charge in [-0.15, -0.1) is 0 Å². The Kier molecular flexibility index (Phi) is 4.68. The van der Waals surface area contributed by atoms with Crippen molar-refractivity contribution in [2.24, 2.45) is 5.73 Å². The van der Waals surface area contributed by atoms with E-state index in [1.807, 2.05) is 30.9 Å². The van der Waals surface area contributed by atoms with Gasteiger partial charge in [0, 0.05) is 26.3 Å². The highest BCUT2D eigenvalue weighted by atomic mass is 35.5. The zero-order chi connectivity index (χ0) is 14.7. The Morgan fingerprint density at radius 3 is 2.80 bits per heavy atom. The maximum absolute atomic E-state index is 6.40. The first-order valence-corrected chi connectivity index (χ1v) is 7.16. The highest BCUT2D eigenvalue weighted by Crippen LogP contribution is 2.28. The summed E-state index contributed by atoms with van der Waals surface area (Å²) in [6.07, 6.45) is 2.66. The van der Waals surface area contributed by atoms with Crippen molar-refractivity contribution in [3.8, 4) is 0 Å². The second kappa shape index (κ2) is 6.29. The number of aromatic nitrogens is 2. The van der Waals surface area contributed by atoms with E-state index in [0.717, 1.165) is 29.9 Å². The molecule has 0 saturated carbocycles. The van der Waals surface area contributed by atoms with Crippen LogP contribution in [-0.4, -0.2) is 23.9 Å². The number of nitrogens with two attached hydrogens (primary N) is 1. The van der Waals surface area contributed by atoms with Gasteiger partial charge in [-0.1, -0.05) is 30.7 Å². The first kappa shape index (κ1) is 14.9. The first-order valence-electron chi connectivity index (χ1n) is 6.78. The average Bonchev–Trinajstić information content (AvgIpc) is 2.79. The normalized spacial score (nSPS) is 12.4.